The average molecular weight is 268 g/mol. The van der Waals surface area contributed by atoms with E-state index in [0.717, 1.165) is 5.56 Å². The Morgan fingerprint density at radius 1 is 1.20 bits per heavy atom. The van der Waals surface area contributed by atoms with Gasteiger partial charge in [-0.3, -0.25) is 4.79 Å². The molecule has 0 radical (unpaired) electrons. The Kier molecular flexibility index (Phi) is 4.05. The third kappa shape index (κ3) is 3.62. The molecule has 0 heterocycles. The number of carbonyl (C=O) groups is 1. The van der Waals surface area contributed by atoms with Gasteiger partial charge in [-0.05, 0) is 54.5 Å². The molecule has 0 aliphatic heterocycles. The van der Waals surface area contributed by atoms with Crippen molar-refractivity contribution in [2.45, 2.75) is 6.92 Å². The normalized spacial score (nSPS) is 10.7. The number of hydrogen-bond acceptors (Lipinski definition) is 3. The van der Waals surface area contributed by atoms with Gasteiger partial charge in [0.25, 0.3) is 0 Å². The molecule has 4 nitrogen and oxygen atoms in total. The molecule has 4 N–H and O–H groups in total. The van der Waals surface area contributed by atoms with Gasteiger partial charge < -0.3 is 16.2 Å². The summed E-state index contributed by atoms with van der Waals surface area (Å²) in [4.78, 5) is 11.8. The van der Waals surface area contributed by atoms with E-state index in [1.54, 1.807) is 43.3 Å². The number of aromatic hydroxyl groups is 1. The quantitative estimate of drug-likeness (QED) is 0.455. The molecule has 2 aromatic carbocycles. The van der Waals surface area contributed by atoms with Crippen molar-refractivity contribution < 1.29 is 9.90 Å². The third-order valence-electron chi connectivity index (χ3n) is 2.83. The van der Waals surface area contributed by atoms with Crippen LogP contribution in [-0.4, -0.2) is 11.0 Å². The topological polar surface area (TPSA) is 75.4 Å². The second kappa shape index (κ2) is 5.93. The van der Waals surface area contributed by atoms with E-state index in [-0.39, 0.29) is 11.7 Å². The van der Waals surface area contributed by atoms with E-state index in [2.05, 4.69) is 5.32 Å². The van der Waals surface area contributed by atoms with Gasteiger partial charge in [-0.2, -0.15) is 0 Å². The summed E-state index contributed by atoms with van der Waals surface area (Å²) in [6.45, 7) is 1.77. The van der Waals surface area contributed by atoms with Crippen molar-refractivity contribution in [3.05, 3.63) is 59.7 Å². The third-order valence-corrected chi connectivity index (χ3v) is 2.83. The fraction of sp³-hybridized carbons (Fsp3) is 0.0625. The minimum Gasteiger partial charge on any atom is -0.508 e. The molecule has 0 saturated carbocycles. The highest BCUT2D eigenvalue weighted by Gasteiger charge is 2.01. The lowest BCUT2D eigenvalue weighted by atomic mass is 10.2. The SMILES string of the molecule is Cc1cc(NC(=O)/C=C/c2ccc(N)cc2)ccc1O. The Bertz CT molecular complexity index is 646. The minimum atomic E-state index is -0.230. The number of hydrogen-bond donors (Lipinski definition) is 3. The smallest absolute Gasteiger partial charge is 0.248 e. The summed E-state index contributed by atoms with van der Waals surface area (Å²) in [6.07, 6.45) is 3.16. The molecule has 0 atom stereocenters. The maximum Gasteiger partial charge on any atom is 0.248 e. The van der Waals surface area contributed by atoms with Crippen molar-refractivity contribution in [3.63, 3.8) is 0 Å². The number of phenols is 1. The number of amides is 1. The maximum atomic E-state index is 11.8. The van der Waals surface area contributed by atoms with Crippen LogP contribution in [-0.2, 0) is 4.79 Å². The summed E-state index contributed by atoms with van der Waals surface area (Å²) in [6, 6.07) is 12.1. The van der Waals surface area contributed by atoms with Gasteiger partial charge in [-0.25, -0.2) is 0 Å². The van der Waals surface area contributed by atoms with Gasteiger partial charge in [0.2, 0.25) is 5.91 Å². The lowest BCUT2D eigenvalue weighted by molar-refractivity contribution is -0.111. The first-order chi connectivity index (χ1) is 9.54. The predicted octanol–water partition coefficient (Wildman–Crippen LogP) is 2.93. The first-order valence-corrected chi connectivity index (χ1v) is 6.19. The van der Waals surface area contributed by atoms with E-state index in [0.29, 0.717) is 16.9 Å². The number of rotatable bonds is 3. The van der Waals surface area contributed by atoms with Crippen LogP contribution in [0.2, 0.25) is 0 Å². The van der Waals surface area contributed by atoms with E-state index >= 15 is 0 Å². The average Bonchev–Trinajstić information content (AvgIpc) is 2.42. The molecular weight excluding hydrogens is 252 g/mol. The monoisotopic (exact) mass is 268 g/mol. The van der Waals surface area contributed by atoms with Gasteiger partial charge in [0, 0.05) is 17.5 Å². The first-order valence-electron chi connectivity index (χ1n) is 6.19. The van der Waals surface area contributed by atoms with Crippen LogP contribution in [0.5, 0.6) is 5.75 Å². The van der Waals surface area contributed by atoms with Gasteiger partial charge in [-0.15, -0.1) is 0 Å². The van der Waals surface area contributed by atoms with Gasteiger partial charge in [0.15, 0.2) is 0 Å². The predicted molar refractivity (Wildman–Crippen MR) is 81.4 cm³/mol. The molecule has 0 aromatic heterocycles. The molecule has 20 heavy (non-hydrogen) atoms. The molecule has 2 rings (SSSR count). The van der Waals surface area contributed by atoms with Gasteiger partial charge >= 0.3 is 0 Å². The lowest BCUT2D eigenvalue weighted by Crippen LogP contribution is -2.07. The number of nitrogens with two attached hydrogens (primary N) is 1. The lowest BCUT2D eigenvalue weighted by Gasteiger charge is -2.04. The van der Waals surface area contributed by atoms with E-state index < -0.39 is 0 Å². The van der Waals surface area contributed by atoms with E-state index in [1.165, 1.54) is 6.08 Å². The Balaban J connectivity index is 2.01. The highest BCUT2D eigenvalue weighted by Crippen LogP contribution is 2.20. The van der Waals surface area contributed by atoms with Crippen LogP contribution < -0.4 is 11.1 Å². The van der Waals surface area contributed by atoms with Crippen LogP contribution in [0.4, 0.5) is 11.4 Å². The Hall–Kier alpha value is -2.75. The number of benzene rings is 2. The molecular formula is C16H16N2O2. The zero-order valence-corrected chi connectivity index (χ0v) is 11.1. The summed E-state index contributed by atoms with van der Waals surface area (Å²) in [7, 11) is 0. The molecule has 0 saturated heterocycles. The zero-order valence-electron chi connectivity index (χ0n) is 11.1. The molecule has 0 aliphatic carbocycles. The van der Waals surface area contributed by atoms with E-state index in [1.807, 2.05) is 12.1 Å². The standard InChI is InChI=1S/C16H16N2O2/c1-11-10-14(7-8-15(11)19)18-16(20)9-4-12-2-5-13(17)6-3-12/h2-10,19H,17H2,1H3,(H,18,20)/b9-4+. The summed E-state index contributed by atoms with van der Waals surface area (Å²) in [5.74, 6) is -0.0210. The van der Waals surface area contributed by atoms with Crippen LogP contribution >= 0.6 is 0 Å². The number of aryl methyl sites for hydroxylation is 1. The largest absolute Gasteiger partial charge is 0.508 e. The van der Waals surface area contributed by atoms with E-state index in [9.17, 15) is 9.90 Å². The number of nitrogens with one attached hydrogen (secondary N) is 1. The zero-order chi connectivity index (χ0) is 14.5. The molecule has 4 heteroatoms. The Labute approximate surface area is 117 Å². The first kappa shape index (κ1) is 13.7. The fourth-order valence-corrected chi connectivity index (χ4v) is 1.70. The summed E-state index contributed by atoms with van der Waals surface area (Å²) in [5.41, 5.74) is 8.53. The molecule has 0 unspecified atom stereocenters. The number of phenolic OH excluding ortho intramolecular Hbond substituents is 1. The molecule has 2 aromatic rings. The molecule has 0 spiro atoms. The van der Waals surface area contributed by atoms with Crippen molar-refractivity contribution >= 4 is 23.4 Å². The summed E-state index contributed by atoms with van der Waals surface area (Å²) < 4.78 is 0. The van der Waals surface area contributed by atoms with Crippen molar-refractivity contribution in [3.8, 4) is 5.75 Å². The second-order valence-corrected chi connectivity index (χ2v) is 4.49. The summed E-state index contributed by atoms with van der Waals surface area (Å²) >= 11 is 0. The number of carbonyl (C=O) groups excluding carboxylic acids is 1. The van der Waals surface area contributed by atoms with Crippen molar-refractivity contribution in [1.82, 2.24) is 0 Å². The Morgan fingerprint density at radius 3 is 2.55 bits per heavy atom. The molecule has 0 aliphatic rings. The molecule has 0 fully saturated rings. The van der Waals surface area contributed by atoms with Crippen molar-refractivity contribution in [2.24, 2.45) is 0 Å². The highest BCUT2D eigenvalue weighted by molar-refractivity contribution is 6.02. The number of nitrogen functional groups attached to an aromatic ring is 1. The molecule has 102 valence electrons. The van der Waals surface area contributed by atoms with Gasteiger partial charge in [-0.1, -0.05) is 12.1 Å². The van der Waals surface area contributed by atoms with E-state index in [4.69, 9.17) is 5.73 Å². The molecule has 1 amide bonds. The van der Waals surface area contributed by atoms with Crippen molar-refractivity contribution in [1.29, 1.82) is 0 Å². The van der Waals surface area contributed by atoms with Crippen molar-refractivity contribution in [2.75, 3.05) is 11.1 Å². The minimum absolute atomic E-state index is 0.209. The van der Waals surface area contributed by atoms with Gasteiger partial charge in [0.1, 0.15) is 5.75 Å². The summed E-state index contributed by atoms with van der Waals surface area (Å²) in [5, 5.41) is 12.1. The van der Waals surface area contributed by atoms with Crippen LogP contribution in [0.3, 0.4) is 0 Å². The van der Waals surface area contributed by atoms with Crippen LogP contribution in [0.25, 0.3) is 6.08 Å². The maximum absolute atomic E-state index is 11.8. The van der Waals surface area contributed by atoms with Crippen LogP contribution in [0.15, 0.2) is 48.5 Å². The number of anilines is 2. The van der Waals surface area contributed by atoms with Gasteiger partial charge in [0.05, 0.1) is 0 Å². The molecule has 0 bridgehead atoms. The van der Waals surface area contributed by atoms with Crippen LogP contribution in [0, 0.1) is 6.92 Å². The highest BCUT2D eigenvalue weighted by atomic mass is 16.3. The second-order valence-electron chi connectivity index (χ2n) is 4.49. The van der Waals surface area contributed by atoms with Crippen LogP contribution in [0.1, 0.15) is 11.1 Å². The fourth-order valence-electron chi connectivity index (χ4n) is 1.70. The Morgan fingerprint density at radius 2 is 1.90 bits per heavy atom.